The van der Waals surface area contributed by atoms with Gasteiger partial charge in [0.1, 0.15) is 5.82 Å². The number of pyridine rings is 1. The predicted octanol–water partition coefficient (Wildman–Crippen LogP) is 3.00. The van der Waals surface area contributed by atoms with Gasteiger partial charge in [0.2, 0.25) is 0 Å². The Morgan fingerprint density at radius 2 is 2.04 bits per heavy atom. The van der Waals surface area contributed by atoms with Gasteiger partial charge in [-0.25, -0.2) is 4.98 Å². The van der Waals surface area contributed by atoms with E-state index in [-0.39, 0.29) is 5.56 Å². The van der Waals surface area contributed by atoms with Crippen LogP contribution in [-0.4, -0.2) is 27.2 Å². The summed E-state index contributed by atoms with van der Waals surface area (Å²) < 4.78 is 4.25. The summed E-state index contributed by atoms with van der Waals surface area (Å²) in [6.45, 7) is 3.86. The van der Waals surface area contributed by atoms with Crippen LogP contribution in [0.25, 0.3) is 11.4 Å². The molecule has 2 bridgehead atoms. The van der Waals surface area contributed by atoms with E-state index in [1.807, 2.05) is 23.0 Å². The topological polar surface area (TPSA) is 51.9 Å². The first-order valence-corrected chi connectivity index (χ1v) is 10.3. The van der Waals surface area contributed by atoms with Crippen molar-refractivity contribution < 1.29 is 0 Å². The van der Waals surface area contributed by atoms with Crippen molar-refractivity contribution in [1.29, 1.82) is 0 Å². The van der Waals surface area contributed by atoms with Gasteiger partial charge in [-0.15, -0.1) is 0 Å². The van der Waals surface area contributed by atoms with Crippen LogP contribution in [0.4, 0.5) is 0 Å². The van der Waals surface area contributed by atoms with E-state index in [0.717, 1.165) is 43.5 Å². The number of aromatic nitrogens is 3. The van der Waals surface area contributed by atoms with Gasteiger partial charge in [-0.05, 0) is 49.8 Å². The molecule has 1 saturated carbocycles. The molecular formula is C21H28N4O. The zero-order valence-corrected chi connectivity index (χ0v) is 15.4. The quantitative estimate of drug-likeness (QED) is 0.924. The van der Waals surface area contributed by atoms with E-state index >= 15 is 0 Å². The third-order valence-corrected chi connectivity index (χ3v) is 6.64. The zero-order valence-electron chi connectivity index (χ0n) is 15.4. The molecule has 2 atom stereocenters. The fourth-order valence-corrected chi connectivity index (χ4v) is 5.31. The van der Waals surface area contributed by atoms with Gasteiger partial charge in [-0.2, -0.15) is 0 Å². The second-order valence-electron chi connectivity index (χ2n) is 8.45. The van der Waals surface area contributed by atoms with Gasteiger partial charge in [0.05, 0.1) is 5.56 Å². The molecule has 0 unspecified atom stereocenters. The lowest BCUT2D eigenvalue weighted by molar-refractivity contribution is 0.257. The molecule has 4 heterocycles. The smallest absolute Gasteiger partial charge is 0.261 e. The van der Waals surface area contributed by atoms with E-state index in [1.165, 1.54) is 44.2 Å². The lowest BCUT2D eigenvalue weighted by Crippen LogP contribution is -2.45. The Balaban J connectivity index is 1.49. The third-order valence-electron chi connectivity index (χ3n) is 6.64. The number of hydrogen-bond donors (Lipinski definition) is 1. The molecule has 1 saturated heterocycles. The third kappa shape index (κ3) is 2.82. The summed E-state index contributed by atoms with van der Waals surface area (Å²) in [5.74, 6) is 2.63. The maximum absolute atomic E-state index is 13.3. The fourth-order valence-electron chi connectivity index (χ4n) is 5.31. The van der Waals surface area contributed by atoms with Crippen molar-refractivity contribution in [3.8, 4) is 11.4 Å². The minimum Gasteiger partial charge on any atom is -0.331 e. The average Bonchev–Trinajstić information content (AvgIpc) is 3.12. The number of piperidine rings is 1. The van der Waals surface area contributed by atoms with E-state index < -0.39 is 0 Å². The maximum Gasteiger partial charge on any atom is 0.261 e. The molecule has 138 valence electrons. The lowest BCUT2D eigenvalue weighted by Gasteiger charge is -2.37. The Morgan fingerprint density at radius 1 is 1.15 bits per heavy atom. The molecule has 26 heavy (non-hydrogen) atoms. The molecule has 5 nitrogen and oxygen atoms in total. The summed E-state index contributed by atoms with van der Waals surface area (Å²) >= 11 is 0. The van der Waals surface area contributed by atoms with E-state index in [4.69, 9.17) is 0 Å². The van der Waals surface area contributed by atoms with E-state index in [0.29, 0.717) is 11.8 Å². The Hall–Kier alpha value is -1.88. The highest BCUT2D eigenvalue weighted by Gasteiger charge is 2.31. The average molecular weight is 352 g/mol. The van der Waals surface area contributed by atoms with Crippen molar-refractivity contribution in [3.05, 3.63) is 40.6 Å². The van der Waals surface area contributed by atoms with Crippen LogP contribution in [-0.2, 0) is 13.1 Å². The van der Waals surface area contributed by atoms with Gasteiger partial charge in [-0.1, -0.05) is 19.3 Å². The number of rotatable bonds is 3. The first kappa shape index (κ1) is 16.3. The lowest BCUT2D eigenvalue weighted by atomic mass is 9.84. The number of nitrogens with zero attached hydrogens (tertiary/aromatic N) is 3. The number of imidazole rings is 1. The largest absolute Gasteiger partial charge is 0.331 e. The predicted molar refractivity (Wildman–Crippen MR) is 102 cm³/mol. The van der Waals surface area contributed by atoms with Crippen LogP contribution in [0.2, 0.25) is 0 Å². The number of nitrogens with one attached hydrogen (secondary N) is 1. The van der Waals surface area contributed by atoms with E-state index in [2.05, 4.69) is 20.9 Å². The van der Waals surface area contributed by atoms with Gasteiger partial charge in [0.25, 0.3) is 5.56 Å². The Bertz CT molecular complexity index is 846. The summed E-state index contributed by atoms with van der Waals surface area (Å²) in [4.78, 5) is 17.8. The highest BCUT2D eigenvalue weighted by atomic mass is 16.1. The molecule has 2 aliphatic heterocycles. The minimum absolute atomic E-state index is 0.148. The van der Waals surface area contributed by atoms with Crippen LogP contribution in [0.5, 0.6) is 0 Å². The van der Waals surface area contributed by atoms with Gasteiger partial charge < -0.3 is 14.5 Å². The summed E-state index contributed by atoms with van der Waals surface area (Å²) in [6, 6.07) is 4.19. The normalized spacial score (nSPS) is 25.8. The van der Waals surface area contributed by atoms with Crippen molar-refractivity contribution in [2.75, 3.05) is 13.1 Å². The standard InChI is InChI=1S/C21H28N4O/c26-21-18(6-7-19-17-10-16(11-22-12-17)14-25(19)21)20-23-8-9-24(20)13-15-4-2-1-3-5-15/h6-9,15-17,22H,1-5,10-14H2/t16-,17+/m0/s1. The van der Waals surface area contributed by atoms with Crippen molar-refractivity contribution in [1.82, 2.24) is 19.4 Å². The summed E-state index contributed by atoms with van der Waals surface area (Å²) in [7, 11) is 0. The molecule has 0 radical (unpaired) electrons. The van der Waals surface area contributed by atoms with Crippen molar-refractivity contribution in [2.45, 2.75) is 57.5 Å². The van der Waals surface area contributed by atoms with Gasteiger partial charge >= 0.3 is 0 Å². The van der Waals surface area contributed by atoms with Crippen LogP contribution < -0.4 is 10.9 Å². The summed E-state index contributed by atoms with van der Waals surface area (Å²) in [5, 5.41) is 3.51. The molecule has 5 heteroatoms. The van der Waals surface area contributed by atoms with Crippen molar-refractivity contribution in [3.63, 3.8) is 0 Å². The summed E-state index contributed by atoms with van der Waals surface area (Å²) in [5.41, 5.74) is 2.12. The first-order valence-electron chi connectivity index (χ1n) is 10.3. The Kier molecular flexibility index (Phi) is 4.20. The molecule has 1 N–H and O–H groups in total. The fraction of sp³-hybridized carbons (Fsp3) is 0.619. The van der Waals surface area contributed by atoms with Crippen molar-refractivity contribution in [2.24, 2.45) is 11.8 Å². The van der Waals surface area contributed by atoms with E-state index in [1.54, 1.807) is 0 Å². The molecule has 1 aliphatic carbocycles. The first-order chi connectivity index (χ1) is 12.8. The van der Waals surface area contributed by atoms with E-state index in [9.17, 15) is 4.79 Å². The molecule has 5 rings (SSSR count). The van der Waals surface area contributed by atoms with Crippen LogP contribution in [0.1, 0.15) is 50.1 Å². The maximum atomic E-state index is 13.3. The molecule has 2 fully saturated rings. The minimum atomic E-state index is 0.148. The van der Waals surface area contributed by atoms with Crippen LogP contribution >= 0.6 is 0 Å². The van der Waals surface area contributed by atoms with Crippen LogP contribution in [0.15, 0.2) is 29.3 Å². The molecule has 2 aromatic heterocycles. The molecule has 3 aliphatic rings. The van der Waals surface area contributed by atoms with Gasteiger partial charge in [-0.3, -0.25) is 4.79 Å². The van der Waals surface area contributed by atoms with Gasteiger partial charge in [0.15, 0.2) is 0 Å². The second kappa shape index (κ2) is 6.69. The molecular weight excluding hydrogens is 324 g/mol. The zero-order chi connectivity index (χ0) is 17.5. The molecule has 0 spiro atoms. The van der Waals surface area contributed by atoms with Crippen LogP contribution in [0, 0.1) is 11.8 Å². The highest BCUT2D eigenvalue weighted by Crippen LogP contribution is 2.33. The highest BCUT2D eigenvalue weighted by molar-refractivity contribution is 5.54. The van der Waals surface area contributed by atoms with Crippen molar-refractivity contribution >= 4 is 0 Å². The Labute approximate surface area is 154 Å². The monoisotopic (exact) mass is 352 g/mol. The number of hydrogen-bond acceptors (Lipinski definition) is 3. The molecule has 0 amide bonds. The van der Waals surface area contributed by atoms with Gasteiger partial charge in [0, 0.05) is 43.6 Å². The second-order valence-corrected chi connectivity index (χ2v) is 8.45. The SMILES string of the molecule is O=c1c(-c2nccn2CC2CCCCC2)ccc2n1C[C@@H]1CNC[C@H]2C1. The molecule has 0 aromatic carbocycles. The molecule has 2 aromatic rings. The summed E-state index contributed by atoms with van der Waals surface area (Å²) in [6.07, 6.45) is 11.8. The number of fused-ring (bicyclic) bond motifs is 4. The van der Waals surface area contributed by atoms with Crippen LogP contribution in [0.3, 0.4) is 0 Å². The Morgan fingerprint density at radius 3 is 2.92 bits per heavy atom.